The highest BCUT2D eigenvalue weighted by atomic mass is 16.4. The highest BCUT2D eigenvalue weighted by molar-refractivity contribution is 5.87. The minimum absolute atomic E-state index is 0.0420. The predicted octanol–water partition coefficient (Wildman–Crippen LogP) is 4.11. The summed E-state index contributed by atoms with van der Waals surface area (Å²) >= 11 is 0. The van der Waals surface area contributed by atoms with E-state index in [9.17, 15) is 4.79 Å². The van der Waals surface area contributed by atoms with Crippen LogP contribution in [0.25, 0.3) is 10.9 Å². The van der Waals surface area contributed by atoms with E-state index in [1.165, 1.54) is 5.56 Å². The lowest BCUT2D eigenvalue weighted by Gasteiger charge is -2.13. The number of carboxylic acids is 1. The third-order valence-electron chi connectivity index (χ3n) is 3.54. The number of aliphatic carboxylic acids is 1. The number of fused-ring (bicyclic) bond motifs is 1. The minimum Gasteiger partial charge on any atom is -0.481 e. The van der Waals surface area contributed by atoms with Gasteiger partial charge in [-0.25, -0.2) is 0 Å². The van der Waals surface area contributed by atoms with Crippen LogP contribution in [0.3, 0.4) is 0 Å². The van der Waals surface area contributed by atoms with Crippen molar-refractivity contribution in [3.63, 3.8) is 0 Å². The molecule has 1 aromatic heterocycles. The number of nitrogens with zero attached hydrogens (tertiary/aromatic N) is 1. The van der Waals surface area contributed by atoms with Crippen molar-refractivity contribution < 1.29 is 9.90 Å². The Hall–Kier alpha value is -1.90. The minimum atomic E-state index is -0.804. The van der Waals surface area contributed by atoms with Crippen LogP contribution >= 0.6 is 0 Å². The predicted molar refractivity (Wildman–Crippen MR) is 81.3 cm³/mol. The molecular formula is C17H21NO2. The van der Waals surface area contributed by atoms with Gasteiger partial charge >= 0.3 is 5.97 Å². The second-order valence-corrected chi connectivity index (χ2v) is 5.86. The van der Waals surface area contributed by atoms with Gasteiger partial charge in [-0.15, -0.1) is 0 Å². The van der Waals surface area contributed by atoms with Crippen LogP contribution < -0.4 is 0 Å². The first-order valence-electron chi connectivity index (χ1n) is 7.03. The molecule has 0 fully saturated rings. The number of benzene rings is 1. The second-order valence-electron chi connectivity index (χ2n) is 5.86. The Kier molecular flexibility index (Phi) is 4.07. The van der Waals surface area contributed by atoms with Crippen molar-refractivity contribution in [1.29, 1.82) is 0 Å². The molecule has 0 saturated heterocycles. The Morgan fingerprint density at radius 1 is 1.15 bits per heavy atom. The lowest BCUT2D eigenvalue weighted by molar-refractivity contribution is -0.136. The summed E-state index contributed by atoms with van der Waals surface area (Å²) < 4.78 is 0. The molecule has 1 aromatic carbocycles. The van der Waals surface area contributed by atoms with E-state index in [0.717, 1.165) is 22.2 Å². The third-order valence-corrected chi connectivity index (χ3v) is 3.54. The van der Waals surface area contributed by atoms with Crippen molar-refractivity contribution in [2.45, 2.75) is 46.0 Å². The largest absolute Gasteiger partial charge is 0.481 e. The molecule has 106 valence electrons. The van der Waals surface area contributed by atoms with Gasteiger partial charge < -0.3 is 5.11 Å². The number of pyridine rings is 1. The normalized spacial score (nSPS) is 11.5. The maximum atomic E-state index is 11.1. The van der Waals surface area contributed by atoms with E-state index in [2.05, 4.69) is 44.8 Å². The van der Waals surface area contributed by atoms with Crippen LogP contribution in [0.4, 0.5) is 0 Å². The number of aromatic nitrogens is 1. The summed E-state index contributed by atoms with van der Waals surface area (Å²) in [5.41, 5.74) is 3.90. The average Bonchev–Trinajstić information content (AvgIpc) is 2.37. The van der Waals surface area contributed by atoms with Crippen molar-refractivity contribution in [3.8, 4) is 0 Å². The van der Waals surface area contributed by atoms with Crippen LogP contribution in [0.1, 0.15) is 56.4 Å². The van der Waals surface area contributed by atoms with Crippen molar-refractivity contribution in [1.82, 2.24) is 4.98 Å². The van der Waals surface area contributed by atoms with E-state index in [-0.39, 0.29) is 12.3 Å². The molecule has 0 amide bonds. The van der Waals surface area contributed by atoms with Gasteiger partial charge in [-0.05, 0) is 41.2 Å². The second kappa shape index (κ2) is 5.61. The lowest BCUT2D eigenvalue weighted by atomic mass is 9.96. The fraction of sp³-hybridized carbons (Fsp3) is 0.412. The molecule has 0 radical (unpaired) electrons. The Balaban J connectivity index is 2.67. The fourth-order valence-electron chi connectivity index (χ4n) is 2.30. The van der Waals surface area contributed by atoms with Crippen LogP contribution in [0.15, 0.2) is 24.3 Å². The molecule has 3 heteroatoms. The molecule has 3 nitrogen and oxygen atoms in total. The molecule has 0 saturated carbocycles. The van der Waals surface area contributed by atoms with Gasteiger partial charge in [0, 0.05) is 11.1 Å². The molecular weight excluding hydrogens is 250 g/mol. The summed E-state index contributed by atoms with van der Waals surface area (Å²) in [6, 6.07) is 8.09. The van der Waals surface area contributed by atoms with Crippen LogP contribution in [0, 0.1) is 0 Å². The highest BCUT2D eigenvalue weighted by Crippen LogP contribution is 2.26. The van der Waals surface area contributed by atoms with Crippen LogP contribution in [-0.4, -0.2) is 16.1 Å². The van der Waals surface area contributed by atoms with Crippen LogP contribution in [0.2, 0.25) is 0 Å². The Bertz CT molecular complexity index is 645. The summed E-state index contributed by atoms with van der Waals surface area (Å²) in [6.07, 6.45) is 0.0420. The number of hydrogen-bond donors (Lipinski definition) is 1. The third kappa shape index (κ3) is 2.98. The van der Waals surface area contributed by atoms with E-state index in [1.807, 2.05) is 12.1 Å². The average molecular weight is 271 g/mol. The van der Waals surface area contributed by atoms with Gasteiger partial charge in [-0.2, -0.15) is 0 Å². The zero-order valence-electron chi connectivity index (χ0n) is 12.5. The van der Waals surface area contributed by atoms with Gasteiger partial charge in [0.15, 0.2) is 0 Å². The maximum Gasteiger partial charge on any atom is 0.307 e. The standard InChI is InChI=1S/C17H21NO2/c1-10(2)12-5-6-15-14(7-12)13(9-17(19)20)8-16(18-15)11(3)4/h5-8,10-11H,9H2,1-4H3,(H,19,20). The van der Waals surface area contributed by atoms with Crippen molar-refractivity contribution in [3.05, 3.63) is 41.1 Å². The lowest BCUT2D eigenvalue weighted by Crippen LogP contribution is -2.04. The van der Waals surface area contributed by atoms with E-state index in [1.54, 1.807) is 0 Å². The van der Waals surface area contributed by atoms with Crippen molar-refractivity contribution >= 4 is 16.9 Å². The van der Waals surface area contributed by atoms with Gasteiger partial charge in [-0.3, -0.25) is 9.78 Å². The topological polar surface area (TPSA) is 50.2 Å². The summed E-state index contributed by atoms with van der Waals surface area (Å²) in [7, 11) is 0. The fourth-order valence-corrected chi connectivity index (χ4v) is 2.30. The molecule has 0 aliphatic heterocycles. The van der Waals surface area contributed by atoms with Crippen LogP contribution in [-0.2, 0) is 11.2 Å². The number of carboxylic acid groups (broad SMARTS) is 1. The van der Waals surface area contributed by atoms with E-state index in [0.29, 0.717) is 5.92 Å². The zero-order chi connectivity index (χ0) is 14.9. The summed E-state index contributed by atoms with van der Waals surface area (Å²) in [5.74, 6) is -0.0965. The summed E-state index contributed by atoms with van der Waals surface area (Å²) in [4.78, 5) is 15.7. The molecule has 0 unspecified atom stereocenters. The molecule has 0 atom stereocenters. The monoisotopic (exact) mass is 271 g/mol. The quantitative estimate of drug-likeness (QED) is 0.910. The molecule has 0 bridgehead atoms. The molecule has 2 aromatic rings. The van der Waals surface area contributed by atoms with E-state index < -0.39 is 5.97 Å². The highest BCUT2D eigenvalue weighted by Gasteiger charge is 2.12. The van der Waals surface area contributed by atoms with Crippen molar-refractivity contribution in [2.75, 3.05) is 0 Å². The molecule has 1 heterocycles. The maximum absolute atomic E-state index is 11.1. The molecule has 0 spiro atoms. The van der Waals surface area contributed by atoms with Gasteiger partial charge in [0.2, 0.25) is 0 Å². The molecule has 0 aliphatic carbocycles. The van der Waals surface area contributed by atoms with Gasteiger partial charge in [0.1, 0.15) is 0 Å². The first-order chi connectivity index (χ1) is 9.38. The smallest absolute Gasteiger partial charge is 0.307 e. The first-order valence-corrected chi connectivity index (χ1v) is 7.03. The van der Waals surface area contributed by atoms with Crippen molar-refractivity contribution in [2.24, 2.45) is 0 Å². The van der Waals surface area contributed by atoms with E-state index >= 15 is 0 Å². The summed E-state index contributed by atoms with van der Waals surface area (Å²) in [6.45, 7) is 8.41. The van der Waals surface area contributed by atoms with Gasteiger partial charge in [0.05, 0.1) is 11.9 Å². The SMILES string of the molecule is CC(C)c1ccc2nc(C(C)C)cc(CC(=O)O)c2c1. The zero-order valence-corrected chi connectivity index (χ0v) is 12.5. The van der Waals surface area contributed by atoms with Gasteiger partial charge in [0.25, 0.3) is 0 Å². The Labute approximate surface area is 119 Å². The van der Waals surface area contributed by atoms with E-state index in [4.69, 9.17) is 5.11 Å². The number of rotatable bonds is 4. The van der Waals surface area contributed by atoms with Crippen LogP contribution in [0.5, 0.6) is 0 Å². The molecule has 1 N–H and O–H groups in total. The Morgan fingerprint density at radius 3 is 2.40 bits per heavy atom. The Morgan fingerprint density at radius 2 is 1.85 bits per heavy atom. The molecule has 0 aliphatic rings. The molecule has 20 heavy (non-hydrogen) atoms. The molecule has 2 rings (SSSR count). The first kappa shape index (κ1) is 14.5. The number of carbonyl (C=O) groups is 1. The number of hydrogen-bond acceptors (Lipinski definition) is 2. The summed E-state index contributed by atoms with van der Waals surface area (Å²) in [5, 5.41) is 10.1. The van der Waals surface area contributed by atoms with Gasteiger partial charge in [-0.1, -0.05) is 33.8 Å².